The van der Waals surface area contributed by atoms with Crippen molar-refractivity contribution < 1.29 is 32.8 Å². The Balaban J connectivity index is 1.62. The van der Waals surface area contributed by atoms with E-state index in [1.165, 1.54) is 24.9 Å². The summed E-state index contributed by atoms with van der Waals surface area (Å²) in [7, 11) is 4.70. The molecule has 0 amide bonds. The standard InChI is InChI=1S/C24H29FN7O6PS/c1-6-24(25)18(33)16(37-22(24)32-13-27-17-19(31(3)4)28-23(26)29-20(17)32)12-36-39(40,30-14(2)21(34)35-5)38-15-10-8-7-9-11-15/h1,7-11,13-14,16,18,22,33H,12H2,2-5H3,(H,30,40)(H2,26,28,29)/t14-,16-,18-,22-,24-,39+/m1/s1. The van der Waals surface area contributed by atoms with Crippen molar-refractivity contribution in [1.82, 2.24) is 24.6 Å². The Morgan fingerprint density at radius 2 is 2.12 bits per heavy atom. The van der Waals surface area contributed by atoms with Crippen molar-refractivity contribution in [3.05, 3.63) is 36.7 Å². The maximum Gasteiger partial charge on any atom is 0.323 e. The van der Waals surface area contributed by atoms with Crippen molar-refractivity contribution in [2.45, 2.75) is 37.1 Å². The van der Waals surface area contributed by atoms with E-state index >= 15 is 4.39 Å². The number of para-hydroxylation sites is 1. The van der Waals surface area contributed by atoms with Gasteiger partial charge in [-0.3, -0.25) is 9.36 Å². The second-order valence-electron chi connectivity index (χ2n) is 9.08. The Bertz CT molecular complexity index is 1470. The third kappa shape index (κ3) is 5.73. The van der Waals surface area contributed by atoms with E-state index in [4.69, 9.17) is 42.5 Å². The maximum absolute atomic E-state index is 16.2. The predicted octanol–water partition coefficient (Wildman–Crippen LogP) is 1.55. The van der Waals surface area contributed by atoms with Crippen LogP contribution in [0.4, 0.5) is 16.2 Å². The summed E-state index contributed by atoms with van der Waals surface area (Å²) in [5.41, 5.74) is 3.64. The number of aromatic nitrogens is 4. The van der Waals surface area contributed by atoms with Gasteiger partial charge in [0.25, 0.3) is 0 Å². The number of fused-ring (bicyclic) bond motifs is 1. The molecule has 1 fully saturated rings. The van der Waals surface area contributed by atoms with Crippen LogP contribution in [0.2, 0.25) is 0 Å². The second kappa shape index (κ2) is 11.6. The van der Waals surface area contributed by atoms with Gasteiger partial charge in [0, 0.05) is 14.1 Å². The molecular weight excluding hydrogens is 564 g/mol. The molecule has 16 heteroatoms. The first kappa shape index (κ1) is 29.6. The maximum atomic E-state index is 16.2. The number of hydrogen-bond acceptors (Lipinski definition) is 12. The molecule has 1 aliphatic heterocycles. The number of carbonyl (C=O) groups is 1. The van der Waals surface area contributed by atoms with E-state index in [1.807, 2.05) is 5.92 Å². The van der Waals surface area contributed by atoms with Crippen LogP contribution in [0.25, 0.3) is 11.2 Å². The Hall–Kier alpha value is -3.38. The first-order valence-electron chi connectivity index (χ1n) is 11.9. The number of anilines is 2. The van der Waals surface area contributed by atoms with Gasteiger partial charge in [-0.25, -0.2) is 14.5 Å². The number of carbonyl (C=O) groups excluding carboxylic acids is 1. The SMILES string of the molecule is C#C[C@@]1(F)[C@H](O)[C@@H](CO[P@@](=S)(N[C@H](C)C(=O)OC)Oc2ccccc2)O[C@H]1n1cnc2c(N(C)C)nc(N)nc21. The Kier molecular flexibility index (Phi) is 8.60. The van der Waals surface area contributed by atoms with Crippen molar-refractivity contribution in [1.29, 1.82) is 0 Å². The molecule has 3 aromatic rings. The number of nitrogens with two attached hydrogens (primary N) is 1. The van der Waals surface area contributed by atoms with Gasteiger partial charge in [-0.1, -0.05) is 24.1 Å². The van der Waals surface area contributed by atoms with Crippen molar-refractivity contribution in [2.75, 3.05) is 38.4 Å². The lowest BCUT2D eigenvalue weighted by atomic mass is 9.97. The fourth-order valence-electron chi connectivity index (χ4n) is 4.06. The highest BCUT2D eigenvalue weighted by Crippen LogP contribution is 2.48. The third-order valence-corrected chi connectivity index (χ3v) is 8.55. The summed E-state index contributed by atoms with van der Waals surface area (Å²) in [6.07, 6.45) is 2.15. The molecule has 1 aromatic carbocycles. The topological polar surface area (TPSA) is 159 Å². The number of hydrogen-bond donors (Lipinski definition) is 3. The molecule has 1 aliphatic rings. The zero-order valence-electron chi connectivity index (χ0n) is 22.1. The van der Waals surface area contributed by atoms with E-state index in [1.54, 1.807) is 49.3 Å². The number of terminal acetylenes is 1. The van der Waals surface area contributed by atoms with Gasteiger partial charge >= 0.3 is 12.6 Å². The highest BCUT2D eigenvalue weighted by molar-refractivity contribution is 8.09. The zero-order valence-corrected chi connectivity index (χ0v) is 23.8. The number of aliphatic hydroxyl groups is 1. The number of alkyl halides is 1. The van der Waals surface area contributed by atoms with Crippen LogP contribution in [0.15, 0.2) is 36.7 Å². The van der Waals surface area contributed by atoms with E-state index in [9.17, 15) is 9.90 Å². The minimum Gasteiger partial charge on any atom is -0.468 e. The number of nitrogens with one attached hydrogen (secondary N) is 1. The summed E-state index contributed by atoms with van der Waals surface area (Å²) in [6, 6.07) is 7.63. The Labute approximate surface area is 235 Å². The van der Waals surface area contributed by atoms with Crippen molar-refractivity contribution >= 4 is 47.3 Å². The highest BCUT2D eigenvalue weighted by Gasteiger charge is 2.58. The summed E-state index contributed by atoms with van der Waals surface area (Å²) in [5.74, 6) is 2.09. The largest absolute Gasteiger partial charge is 0.468 e. The minimum absolute atomic E-state index is 0.0777. The molecule has 0 aliphatic carbocycles. The molecule has 0 unspecified atom stereocenters. The Morgan fingerprint density at radius 1 is 1.43 bits per heavy atom. The van der Waals surface area contributed by atoms with Crippen LogP contribution in [0.1, 0.15) is 13.2 Å². The van der Waals surface area contributed by atoms with Gasteiger partial charge in [0.15, 0.2) is 23.2 Å². The van der Waals surface area contributed by atoms with Crippen LogP contribution in [0, 0.1) is 12.3 Å². The number of esters is 1. The van der Waals surface area contributed by atoms with Gasteiger partial charge in [-0.2, -0.15) is 9.97 Å². The van der Waals surface area contributed by atoms with Crippen molar-refractivity contribution in [3.63, 3.8) is 0 Å². The van der Waals surface area contributed by atoms with Gasteiger partial charge in [-0.15, -0.1) is 6.42 Å². The van der Waals surface area contributed by atoms with Gasteiger partial charge in [0.05, 0.1) is 20.0 Å². The van der Waals surface area contributed by atoms with Gasteiger partial charge in [-0.05, 0) is 30.9 Å². The average Bonchev–Trinajstić information content (AvgIpc) is 3.45. The van der Waals surface area contributed by atoms with E-state index in [2.05, 4.69) is 20.0 Å². The van der Waals surface area contributed by atoms with Crippen LogP contribution < -0.4 is 20.2 Å². The van der Waals surface area contributed by atoms with Gasteiger partial charge < -0.3 is 34.3 Å². The molecule has 6 atom stereocenters. The number of ether oxygens (including phenoxy) is 2. The zero-order chi connectivity index (χ0) is 29.2. The van der Waals surface area contributed by atoms with Crippen LogP contribution in [-0.2, 0) is 30.6 Å². The first-order chi connectivity index (χ1) is 18.9. The van der Waals surface area contributed by atoms with E-state index in [0.717, 1.165) is 0 Å². The van der Waals surface area contributed by atoms with Crippen LogP contribution in [-0.4, -0.2) is 82.3 Å². The van der Waals surface area contributed by atoms with Gasteiger partial charge in [0.2, 0.25) is 11.6 Å². The molecule has 40 heavy (non-hydrogen) atoms. The summed E-state index contributed by atoms with van der Waals surface area (Å²) in [5, 5.41) is 13.8. The second-order valence-corrected chi connectivity index (χ2v) is 12.2. The lowest BCUT2D eigenvalue weighted by molar-refractivity contribution is -0.142. The lowest BCUT2D eigenvalue weighted by Gasteiger charge is -2.27. The fourth-order valence-corrected chi connectivity index (χ4v) is 6.48. The van der Waals surface area contributed by atoms with Crippen molar-refractivity contribution in [2.24, 2.45) is 0 Å². The molecule has 214 valence electrons. The molecule has 4 N–H and O–H groups in total. The van der Waals surface area contributed by atoms with Crippen LogP contribution in [0.3, 0.4) is 0 Å². The van der Waals surface area contributed by atoms with E-state index < -0.39 is 49.4 Å². The monoisotopic (exact) mass is 593 g/mol. The number of benzene rings is 1. The normalized spacial score (nSPS) is 24.7. The smallest absolute Gasteiger partial charge is 0.323 e. The number of imidazole rings is 1. The molecule has 1 saturated heterocycles. The van der Waals surface area contributed by atoms with Crippen LogP contribution >= 0.6 is 6.64 Å². The number of nitrogen functional groups attached to an aromatic ring is 1. The molecule has 0 bridgehead atoms. The molecule has 4 rings (SSSR count). The summed E-state index contributed by atoms with van der Waals surface area (Å²) >= 11 is 5.64. The quantitative estimate of drug-likeness (QED) is 0.177. The summed E-state index contributed by atoms with van der Waals surface area (Å²) in [6.45, 7) is -2.40. The molecule has 0 radical (unpaired) electrons. The average molecular weight is 594 g/mol. The van der Waals surface area contributed by atoms with Gasteiger partial charge in [0.1, 0.15) is 24.0 Å². The summed E-state index contributed by atoms with van der Waals surface area (Å²) < 4.78 is 39.9. The predicted molar refractivity (Wildman–Crippen MR) is 149 cm³/mol. The van der Waals surface area contributed by atoms with E-state index in [-0.39, 0.29) is 11.6 Å². The Morgan fingerprint density at radius 3 is 2.75 bits per heavy atom. The highest BCUT2D eigenvalue weighted by atomic mass is 32.5. The fraction of sp³-hybridized carbons (Fsp3) is 0.417. The molecular formula is C24H29FN7O6PS. The molecule has 13 nitrogen and oxygen atoms in total. The van der Waals surface area contributed by atoms with E-state index in [0.29, 0.717) is 17.1 Å². The lowest BCUT2D eigenvalue weighted by Crippen LogP contribution is -2.42. The molecule has 0 saturated carbocycles. The first-order valence-corrected chi connectivity index (χ1v) is 14.6. The van der Waals surface area contributed by atoms with Crippen LogP contribution in [0.5, 0.6) is 5.75 Å². The minimum atomic E-state index is -3.48. The number of nitrogens with zero attached hydrogens (tertiary/aromatic N) is 5. The number of halogens is 1. The molecule has 3 heterocycles. The molecule has 2 aromatic heterocycles. The third-order valence-electron chi connectivity index (χ3n) is 6.05. The number of aliphatic hydroxyl groups excluding tert-OH is 1. The summed E-state index contributed by atoms with van der Waals surface area (Å²) in [4.78, 5) is 26.4. The molecule has 0 spiro atoms. The number of methoxy groups -OCH3 is 1. The van der Waals surface area contributed by atoms with Crippen molar-refractivity contribution in [3.8, 4) is 18.1 Å². The number of rotatable bonds is 10.